The number of carbonyl (C=O) groups is 2. The molecule has 0 aliphatic heterocycles. The Morgan fingerprint density at radius 3 is 2.37 bits per heavy atom. The number of amides is 2. The number of nitrogens with two attached hydrogens (primary N) is 1. The second-order valence-electron chi connectivity index (χ2n) is 5.99. The zero-order valence-electron chi connectivity index (χ0n) is 13.6. The number of hydrazine groups is 1. The number of nitrogens with zero attached hydrogens (tertiary/aromatic N) is 3. The summed E-state index contributed by atoms with van der Waals surface area (Å²) < 4.78 is 37.0. The largest absolute Gasteiger partial charge is 0.473 e. The SMILES string of the molecule is NN(C(=O)c1cnc(NC2(c3cccc(Cl)c3)CC2)nc1)C(=O)C(F)(F)F. The van der Waals surface area contributed by atoms with Gasteiger partial charge in [0.05, 0.1) is 11.1 Å². The molecule has 7 nitrogen and oxygen atoms in total. The molecule has 1 aliphatic carbocycles. The lowest BCUT2D eigenvalue weighted by Gasteiger charge is -2.19. The van der Waals surface area contributed by atoms with Gasteiger partial charge in [0.2, 0.25) is 5.95 Å². The minimum atomic E-state index is -5.26. The van der Waals surface area contributed by atoms with E-state index in [4.69, 9.17) is 17.4 Å². The van der Waals surface area contributed by atoms with Crippen molar-refractivity contribution in [3.63, 3.8) is 0 Å². The van der Waals surface area contributed by atoms with Crippen molar-refractivity contribution in [1.29, 1.82) is 0 Å². The Labute approximate surface area is 156 Å². The van der Waals surface area contributed by atoms with Gasteiger partial charge in [-0.25, -0.2) is 20.8 Å². The molecule has 0 atom stereocenters. The molecule has 0 unspecified atom stereocenters. The Kier molecular flexibility index (Phi) is 4.79. The number of halogens is 4. The number of carbonyl (C=O) groups excluding carboxylic acids is 2. The van der Waals surface area contributed by atoms with E-state index in [0.717, 1.165) is 30.8 Å². The first-order chi connectivity index (χ1) is 12.6. The normalized spacial score (nSPS) is 15.1. The summed E-state index contributed by atoms with van der Waals surface area (Å²) >= 11 is 6.00. The van der Waals surface area contributed by atoms with Crippen molar-refractivity contribution in [2.45, 2.75) is 24.6 Å². The van der Waals surface area contributed by atoms with Gasteiger partial charge in [-0.2, -0.15) is 13.2 Å². The summed E-state index contributed by atoms with van der Waals surface area (Å²) in [6.07, 6.45) is -1.64. The van der Waals surface area contributed by atoms with Gasteiger partial charge in [-0.15, -0.1) is 0 Å². The van der Waals surface area contributed by atoms with E-state index < -0.39 is 23.0 Å². The van der Waals surface area contributed by atoms with E-state index >= 15 is 0 Å². The molecule has 142 valence electrons. The lowest BCUT2D eigenvalue weighted by Crippen LogP contribution is -2.49. The molecule has 3 rings (SSSR count). The number of aromatic nitrogens is 2. The number of alkyl halides is 3. The van der Waals surface area contributed by atoms with Crippen LogP contribution in [0.3, 0.4) is 0 Å². The Morgan fingerprint density at radius 1 is 1.22 bits per heavy atom. The molecule has 1 aromatic heterocycles. The Balaban J connectivity index is 1.73. The predicted octanol–water partition coefficient (Wildman–Crippen LogP) is 2.64. The molecule has 1 aliphatic rings. The number of hydrogen-bond donors (Lipinski definition) is 2. The first-order valence-electron chi connectivity index (χ1n) is 7.69. The van der Waals surface area contributed by atoms with Crippen molar-refractivity contribution in [2.24, 2.45) is 5.84 Å². The smallest absolute Gasteiger partial charge is 0.345 e. The predicted molar refractivity (Wildman–Crippen MR) is 89.4 cm³/mol. The second-order valence-corrected chi connectivity index (χ2v) is 6.43. The third-order valence-electron chi connectivity index (χ3n) is 4.06. The number of hydrogen-bond acceptors (Lipinski definition) is 6. The van der Waals surface area contributed by atoms with Crippen LogP contribution in [0.4, 0.5) is 19.1 Å². The van der Waals surface area contributed by atoms with Gasteiger partial charge in [-0.3, -0.25) is 9.59 Å². The summed E-state index contributed by atoms with van der Waals surface area (Å²) in [5.41, 5.74) is 0.207. The van der Waals surface area contributed by atoms with Gasteiger partial charge >= 0.3 is 12.1 Å². The van der Waals surface area contributed by atoms with Crippen LogP contribution in [0, 0.1) is 0 Å². The molecule has 1 heterocycles. The van der Waals surface area contributed by atoms with E-state index in [1.54, 1.807) is 6.07 Å². The van der Waals surface area contributed by atoms with Crippen LogP contribution >= 0.6 is 11.6 Å². The fourth-order valence-electron chi connectivity index (χ4n) is 2.48. The Bertz CT molecular complexity index is 884. The van der Waals surface area contributed by atoms with Crippen LogP contribution in [0.25, 0.3) is 0 Å². The van der Waals surface area contributed by atoms with Crippen molar-refractivity contribution in [2.75, 3.05) is 5.32 Å². The molecule has 11 heteroatoms. The minimum absolute atomic E-state index is 0.176. The first kappa shape index (κ1) is 19.1. The Hall–Kier alpha value is -2.72. The van der Waals surface area contributed by atoms with Gasteiger partial charge in [0, 0.05) is 17.4 Å². The fourth-order valence-corrected chi connectivity index (χ4v) is 2.67. The summed E-state index contributed by atoms with van der Waals surface area (Å²) in [7, 11) is 0. The number of imide groups is 1. The highest BCUT2D eigenvalue weighted by atomic mass is 35.5. The third kappa shape index (κ3) is 4.01. The number of rotatable bonds is 4. The van der Waals surface area contributed by atoms with Gasteiger partial charge in [-0.1, -0.05) is 23.7 Å². The van der Waals surface area contributed by atoms with Crippen molar-refractivity contribution < 1.29 is 22.8 Å². The summed E-state index contributed by atoms with van der Waals surface area (Å²) in [4.78, 5) is 30.7. The number of benzene rings is 1. The van der Waals surface area contributed by atoms with Gasteiger partial charge in [0.1, 0.15) is 0 Å². The molecule has 0 saturated heterocycles. The summed E-state index contributed by atoms with van der Waals surface area (Å²) in [6.45, 7) is 0. The highest BCUT2D eigenvalue weighted by Gasteiger charge is 2.46. The maximum Gasteiger partial charge on any atom is 0.473 e. The standard InChI is InChI=1S/C16H13ClF3N5O2/c17-11-3-1-2-10(6-11)15(4-5-15)24-14-22-7-9(8-23-14)12(26)25(21)13(27)16(18,19)20/h1-3,6-8H,4-5,21H2,(H,22,23,24). The topological polar surface area (TPSA) is 101 Å². The van der Waals surface area contributed by atoms with Crippen molar-refractivity contribution in [3.05, 3.63) is 52.8 Å². The van der Waals surface area contributed by atoms with E-state index in [2.05, 4.69) is 15.3 Å². The van der Waals surface area contributed by atoms with E-state index in [9.17, 15) is 22.8 Å². The molecular formula is C16H13ClF3N5O2. The summed E-state index contributed by atoms with van der Waals surface area (Å²) in [6, 6.07) is 7.28. The third-order valence-corrected chi connectivity index (χ3v) is 4.29. The lowest BCUT2D eigenvalue weighted by molar-refractivity contribution is -0.182. The highest BCUT2D eigenvalue weighted by molar-refractivity contribution is 6.30. The maximum absolute atomic E-state index is 12.3. The first-order valence-corrected chi connectivity index (χ1v) is 8.07. The molecule has 0 radical (unpaired) electrons. The van der Waals surface area contributed by atoms with E-state index in [0.29, 0.717) is 5.02 Å². The lowest BCUT2D eigenvalue weighted by atomic mass is 10.1. The minimum Gasteiger partial charge on any atom is -0.345 e. The molecule has 0 bridgehead atoms. The average Bonchev–Trinajstić information content (AvgIpc) is 3.40. The van der Waals surface area contributed by atoms with Crippen LogP contribution < -0.4 is 11.2 Å². The van der Waals surface area contributed by atoms with Crippen LogP contribution in [-0.4, -0.2) is 33.0 Å². The van der Waals surface area contributed by atoms with Gasteiger partial charge in [0.25, 0.3) is 5.91 Å². The van der Waals surface area contributed by atoms with Gasteiger partial charge in [0.15, 0.2) is 0 Å². The number of anilines is 1. The monoisotopic (exact) mass is 399 g/mol. The molecule has 2 amide bonds. The summed E-state index contributed by atoms with van der Waals surface area (Å²) in [5.74, 6) is 1.28. The highest BCUT2D eigenvalue weighted by Crippen LogP contribution is 2.48. The molecule has 1 saturated carbocycles. The van der Waals surface area contributed by atoms with E-state index in [-0.39, 0.29) is 17.1 Å². The molecule has 3 N–H and O–H groups in total. The fraction of sp³-hybridized carbons (Fsp3) is 0.250. The van der Waals surface area contributed by atoms with Gasteiger partial charge in [-0.05, 0) is 30.5 Å². The van der Waals surface area contributed by atoms with Crippen LogP contribution in [0.5, 0.6) is 0 Å². The molecule has 1 fully saturated rings. The van der Waals surface area contributed by atoms with E-state index in [1.165, 1.54) is 0 Å². The molecular weight excluding hydrogens is 387 g/mol. The van der Waals surface area contributed by atoms with Crippen LogP contribution in [0.2, 0.25) is 5.02 Å². The zero-order chi connectivity index (χ0) is 19.8. The van der Waals surface area contributed by atoms with Crippen LogP contribution in [0.15, 0.2) is 36.7 Å². The number of nitrogens with one attached hydrogen (secondary N) is 1. The zero-order valence-corrected chi connectivity index (χ0v) is 14.4. The van der Waals surface area contributed by atoms with E-state index in [1.807, 2.05) is 18.2 Å². The Morgan fingerprint density at radius 2 is 1.85 bits per heavy atom. The van der Waals surface area contributed by atoms with Gasteiger partial charge < -0.3 is 5.32 Å². The van der Waals surface area contributed by atoms with Crippen molar-refractivity contribution in [3.8, 4) is 0 Å². The average molecular weight is 400 g/mol. The van der Waals surface area contributed by atoms with Crippen LogP contribution in [-0.2, 0) is 10.3 Å². The molecule has 1 aromatic carbocycles. The molecule has 27 heavy (non-hydrogen) atoms. The molecule has 2 aromatic rings. The second kappa shape index (κ2) is 6.78. The quantitative estimate of drug-likeness (QED) is 0.465. The van der Waals surface area contributed by atoms with Crippen molar-refractivity contribution in [1.82, 2.24) is 15.0 Å². The van der Waals surface area contributed by atoms with Crippen LogP contribution in [0.1, 0.15) is 28.8 Å². The maximum atomic E-state index is 12.3. The van der Waals surface area contributed by atoms with Crippen molar-refractivity contribution >= 4 is 29.4 Å². The summed E-state index contributed by atoms with van der Waals surface area (Å²) in [5, 5.41) is 3.20. The molecule has 0 spiro atoms.